The number of rotatable bonds is 3. The van der Waals surface area contributed by atoms with Gasteiger partial charge in [-0.3, -0.25) is 0 Å². The highest BCUT2D eigenvalue weighted by atomic mass is 16.7. The van der Waals surface area contributed by atoms with Gasteiger partial charge in [0.15, 0.2) is 6.29 Å². The second-order valence-electron chi connectivity index (χ2n) is 3.07. The Morgan fingerprint density at radius 3 is 2.29 bits per heavy atom. The van der Waals surface area contributed by atoms with Crippen LogP contribution in [-0.2, 0) is 9.47 Å². The van der Waals surface area contributed by atoms with Gasteiger partial charge in [-0.1, -0.05) is 6.61 Å². The minimum Gasteiger partial charge on any atom is -0.394 e. The Bertz CT molecular complexity index is 171. The Balaban J connectivity index is 2.63. The molecule has 0 aliphatic carbocycles. The molecule has 6 nitrogen and oxygen atoms in total. The fourth-order valence-corrected chi connectivity index (χ4v) is 1.32. The van der Waals surface area contributed by atoms with Crippen molar-refractivity contribution in [3.63, 3.8) is 0 Å². The zero-order valence-corrected chi connectivity index (χ0v) is 7.61. The van der Waals surface area contributed by atoms with Crippen molar-refractivity contribution in [3.05, 3.63) is 6.92 Å². The quantitative estimate of drug-likeness (QED) is 0.386. The van der Waals surface area contributed by atoms with Crippen LogP contribution in [0.2, 0.25) is 0 Å². The molecule has 0 bridgehead atoms. The van der Waals surface area contributed by atoms with Crippen LogP contribution in [0.5, 0.6) is 0 Å². The van der Waals surface area contributed by atoms with Crippen LogP contribution >= 0.6 is 0 Å². The molecule has 1 saturated heterocycles. The van der Waals surface area contributed by atoms with Crippen molar-refractivity contribution in [1.29, 1.82) is 0 Å². The van der Waals surface area contributed by atoms with Crippen molar-refractivity contribution in [2.45, 2.75) is 30.7 Å². The van der Waals surface area contributed by atoms with Gasteiger partial charge in [0.1, 0.15) is 24.4 Å². The second-order valence-corrected chi connectivity index (χ2v) is 3.07. The number of ether oxygens (including phenoxy) is 2. The van der Waals surface area contributed by atoms with E-state index in [1.165, 1.54) is 0 Å². The van der Waals surface area contributed by atoms with Crippen molar-refractivity contribution in [2.75, 3.05) is 13.2 Å². The van der Waals surface area contributed by atoms with Gasteiger partial charge in [0, 0.05) is 0 Å². The van der Waals surface area contributed by atoms with E-state index in [1.807, 2.05) is 0 Å². The Hall–Kier alpha value is -0.240. The van der Waals surface area contributed by atoms with Crippen LogP contribution in [-0.4, -0.2) is 64.3 Å². The molecule has 0 radical (unpaired) electrons. The van der Waals surface area contributed by atoms with Crippen LogP contribution in [0.3, 0.4) is 0 Å². The van der Waals surface area contributed by atoms with E-state index in [-0.39, 0.29) is 6.61 Å². The topological polar surface area (TPSA) is 99.4 Å². The van der Waals surface area contributed by atoms with Crippen LogP contribution in [0, 0.1) is 6.92 Å². The van der Waals surface area contributed by atoms with Gasteiger partial charge < -0.3 is 36.8 Å². The molecular weight excluding hydrogens is 192 g/mol. The summed E-state index contributed by atoms with van der Waals surface area (Å²) in [5.41, 5.74) is 0. The van der Waals surface area contributed by atoms with Gasteiger partial charge in [-0.2, -0.15) is 0 Å². The maximum Gasteiger partial charge on any atom is 0.184 e. The number of hydrogen-bond donors (Lipinski definition) is 4. The summed E-state index contributed by atoms with van der Waals surface area (Å²) in [5.74, 6) is 0. The maximum atomic E-state index is 9.38. The highest BCUT2D eigenvalue weighted by molar-refractivity contribution is 4.88. The van der Waals surface area contributed by atoms with Gasteiger partial charge in [-0.05, 0) is 0 Å². The first-order valence-corrected chi connectivity index (χ1v) is 4.33. The third-order valence-corrected chi connectivity index (χ3v) is 2.13. The normalized spacial score (nSPS) is 43.9. The minimum absolute atomic E-state index is 0.0582. The summed E-state index contributed by atoms with van der Waals surface area (Å²) in [6, 6.07) is 0. The molecule has 0 saturated carbocycles. The van der Waals surface area contributed by atoms with Gasteiger partial charge in [0.05, 0.1) is 6.61 Å². The molecule has 0 amide bonds. The van der Waals surface area contributed by atoms with Crippen LogP contribution in [0.1, 0.15) is 0 Å². The smallest absolute Gasteiger partial charge is 0.184 e. The largest absolute Gasteiger partial charge is 0.394 e. The molecule has 1 rings (SSSR count). The Morgan fingerprint density at radius 2 is 1.79 bits per heavy atom. The van der Waals surface area contributed by atoms with E-state index in [1.54, 1.807) is 0 Å². The number of aliphatic hydroxyl groups excluding tert-OH is 4. The van der Waals surface area contributed by atoms with Gasteiger partial charge in [0.2, 0.25) is 0 Å². The molecule has 0 unspecified atom stereocenters. The van der Waals surface area contributed by atoms with Crippen molar-refractivity contribution in [1.82, 2.24) is 0 Å². The van der Waals surface area contributed by atoms with E-state index in [0.717, 1.165) is 0 Å². The van der Waals surface area contributed by atoms with Crippen molar-refractivity contribution >= 4 is 0 Å². The number of aliphatic hydroxyl groups is 4. The Morgan fingerprint density at radius 1 is 1.14 bits per heavy atom. The van der Waals surface area contributed by atoms with E-state index in [2.05, 4.69) is 6.92 Å². The molecule has 0 aromatic heterocycles. The van der Waals surface area contributed by atoms with Gasteiger partial charge in [-0.25, -0.2) is 0 Å². The predicted octanol–water partition coefficient (Wildman–Crippen LogP) is -2.36. The first-order valence-electron chi connectivity index (χ1n) is 4.33. The van der Waals surface area contributed by atoms with Crippen LogP contribution in [0.25, 0.3) is 0 Å². The van der Waals surface area contributed by atoms with Crippen LogP contribution in [0.4, 0.5) is 0 Å². The molecule has 5 atom stereocenters. The summed E-state index contributed by atoms with van der Waals surface area (Å²) in [4.78, 5) is 0. The molecule has 6 heteroatoms. The van der Waals surface area contributed by atoms with Gasteiger partial charge in [-0.15, -0.1) is 0 Å². The number of hydrogen-bond acceptors (Lipinski definition) is 6. The molecule has 0 spiro atoms. The highest BCUT2D eigenvalue weighted by Gasteiger charge is 2.43. The minimum atomic E-state index is -1.39. The Labute approximate surface area is 81.7 Å². The van der Waals surface area contributed by atoms with Crippen LogP contribution in [0.15, 0.2) is 0 Å². The fraction of sp³-hybridized carbons (Fsp3) is 0.875. The lowest BCUT2D eigenvalue weighted by molar-refractivity contribution is -0.298. The van der Waals surface area contributed by atoms with Gasteiger partial charge in [0.25, 0.3) is 0 Å². The zero-order valence-electron chi connectivity index (χ0n) is 7.61. The summed E-state index contributed by atoms with van der Waals surface area (Å²) < 4.78 is 9.88. The van der Waals surface area contributed by atoms with Crippen molar-refractivity contribution in [3.8, 4) is 0 Å². The molecule has 84 valence electrons. The molecule has 4 N–H and O–H groups in total. The average Bonchev–Trinajstić information content (AvgIpc) is 2.19. The molecule has 1 aliphatic heterocycles. The lowest BCUT2D eigenvalue weighted by atomic mass is 9.99. The standard InChI is InChI=1S/C8H15O6/c1-2-13-8-7(12)6(11)5(10)4(3-9)14-8/h4-12H,1-3H2/q-1/t4-,5-,6+,7-,8-/m1/s1. The lowest BCUT2D eigenvalue weighted by Gasteiger charge is -2.39. The second kappa shape index (κ2) is 5.01. The van der Waals surface area contributed by atoms with Crippen molar-refractivity contribution in [2.24, 2.45) is 0 Å². The van der Waals surface area contributed by atoms with Crippen LogP contribution < -0.4 is 0 Å². The zero-order chi connectivity index (χ0) is 10.7. The summed E-state index contributed by atoms with van der Waals surface area (Å²) in [6.07, 6.45) is -6.07. The summed E-state index contributed by atoms with van der Waals surface area (Å²) in [5, 5.41) is 36.9. The average molecular weight is 207 g/mol. The monoisotopic (exact) mass is 207 g/mol. The fourth-order valence-electron chi connectivity index (χ4n) is 1.32. The maximum absolute atomic E-state index is 9.38. The van der Waals surface area contributed by atoms with E-state index < -0.39 is 37.3 Å². The highest BCUT2D eigenvalue weighted by Crippen LogP contribution is 2.21. The van der Waals surface area contributed by atoms with Gasteiger partial charge >= 0.3 is 0 Å². The molecule has 0 aromatic carbocycles. The third kappa shape index (κ3) is 2.22. The SMILES string of the molecule is [CH2-]CO[C@@H]1O[C@H](CO)[C@@H](O)[C@H](O)[C@H]1O. The van der Waals surface area contributed by atoms with E-state index in [9.17, 15) is 15.3 Å². The lowest BCUT2D eigenvalue weighted by Crippen LogP contribution is -2.59. The van der Waals surface area contributed by atoms with Crippen molar-refractivity contribution < 1.29 is 29.9 Å². The van der Waals surface area contributed by atoms with E-state index >= 15 is 0 Å². The molecular formula is C8H15O6-. The molecule has 0 aromatic rings. The first-order chi connectivity index (χ1) is 6.61. The summed E-state index contributed by atoms with van der Waals surface area (Å²) in [6.45, 7) is 2.99. The predicted molar refractivity (Wildman–Crippen MR) is 45.1 cm³/mol. The van der Waals surface area contributed by atoms with E-state index in [4.69, 9.17) is 14.6 Å². The van der Waals surface area contributed by atoms with E-state index in [0.29, 0.717) is 0 Å². The Kier molecular flexibility index (Phi) is 4.24. The third-order valence-electron chi connectivity index (χ3n) is 2.13. The summed E-state index contributed by atoms with van der Waals surface area (Å²) in [7, 11) is 0. The molecule has 1 fully saturated rings. The molecule has 1 aliphatic rings. The summed E-state index contributed by atoms with van der Waals surface area (Å²) >= 11 is 0. The first kappa shape index (κ1) is 11.8. The molecule has 1 heterocycles. The molecule has 14 heavy (non-hydrogen) atoms.